The number of hydrogen-bond acceptors (Lipinski definition) is 18. The zero-order chi connectivity index (χ0) is 51.3. The summed E-state index contributed by atoms with van der Waals surface area (Å²) in [5, 5.41) is 7.80. The summed E-state index contributed by atoms with van der Waals surface area (Å²) in [7, 11) is 2.05. The standard InChI is InChI=1S/C16H14ClF3N2O4.C15H18N6O6S.C8H14ClN5/c1-8(2)26-14(24)10-6-9(4-5-11(10)17)22-13(23)7-12(16(18,19)20)21(3)15(22)25;1-21(2)13(22)9-6-5-7-16-12(9)28(24,25)20-15(23)19-14-17-10(26-3)8-11(18-14)27-4;1-4-10-7-12-6(9)13-8(14-7)11-5(2)3/h4-8H,1-3H3;5-8H,1-4H3,(H2,17,18,19,20,23);5H,4H2,1-3H3,(H2,10,11,12,13,14). The molecule has 0 aliphatic rings. The molecule has 0 fully saturated rings. The number of ether oxygens (including phenoxy) is 3. The summed E-state index contributed by atoms with van der Waals surface area (Å²) in [6, 6.07) is 7.08. The number of nitrogens with one attached hydrogen (secondary N) is 4. The molecule has 5 aromatic rings. The van der Waals surface area contributed by atoms with Gasteiger partial charge in [-0.25, -0.2) is 28.7 Å². The van der Waals surface area contributed by atoms with Gasteiger partial charge in [0.1, 0.15) is 5.69 Å². The monoisotopic (exact) mass is 1020 g/mol. The van der Waals surface area contributed by atoms with E-state index in [-0.39, 0.29) is 50.9 Å². The van der Waals surface area contributed by atoms with Crippen molar-refractivity contribution in [2.45, 2.75) is 58.0 Å². The number of sulfonamides is 1. The number of carbonyl (C=O) groups excluding carboxylic acids is 3. The summed E-state index contributed by atoms with van der Waals surface area (Å²) < 4.78 is 81.2. The number of rotatable bonds is 13. The lowest BCUT2D eigenvalue weighted by Gasteiger charge is -2.15. The maximum atomic E-state index is 12.9. The highest BCUT2D eigenvalue weighted by Crippen LogP contribution is 2.27. The number of esters is 1. The predicted molar refractivity (Wildman–Crippen MR) is 242 cm³/mol. The lowest BCUT2D eigenvalue weighted by molar-refractivity contribution is -0.144. The summed E-state index contributed by atoms with van der Waals surface area (Å²) in [4.78, 5) is 85.4. The Morgan fingerprint density at radius 3 is 2.03 bits per heavy atom. The number of halogens is 5. The number of benzene rings is 1. The third kappa shape index (κ3) is 15.5. The molecular formula is C39H46Cl2F3N13O10S. The van der Waals surface area contributed by atoms with E-state index in [4.69, 9.17) is 37.4 Å². The number of methoxy groups -OCH3 is 2. The summed E-state index contributed by atoms with van der Waals surface area (Å²) in [6.07, 6.45) is -4.11. The van der Waals surface area contributed by atoms with Crippen LogP contribution in [0, 0.1) is 0 Å². The molecule has 0 aliphatic heterocycles. The number of pyridine rings is 1. The molecule has 68 heavy (non-hydrogen) atoms. The van der Waals surface area contributed by atoms with Gasteiger partial charge in [-0.15, -0.1) is 0 Å². The number of amides is 3. The van der Waals surface area contributed by atoms with Crippen LogP contribution < -0.4 is 41.4 Å². The summed E-state index contributed by atoms with van der Waals surface area (Å²) in [5.41, 5.74) is -4.19. The van der Waals surface area contributed by atoms with Crippen LogP contribution in [0.4, 0.5) is 35.8 Å². The van der Waals surface area contributed by atoms with Crippen LogP contribution in [0.5, 0.6) is 11.8 Å². The molecule has 3 amide bonds. The van der Waals surface area contributed by atoms with Crippen LogP contribution in [-0.4, -0.2) is 117 Å². The topological polar surface area (TPSA) is 286 Å². The number of anilines is 3. The Morgan fingerprint density at radius 1 is 0.868 bits per heavy atom. The van der Waals surface area contributed by atoms with E-state index in [0.717, 1.165) is 19.7 Å². The molecular weight excluding hydrogens is 970 g/mol. The fourth-order valence-electron chi connectivity index (χ4n) is 5.11. The van der Waals surface area contributed by atoms with Crippen molar-refractivity contribution >= 4 is 69.0 Å². The first kappa shape index (κ1) is 55.2. The van der Waals surface area contributed by atoms with E-state index >= 15 is 0 Å². The van der Waals surface area contributed by atoms with Crippen LogP contribution in [-0.2, 0) is 28.0 Å². The number of nitrogens with zero attached hydrogens (tertiary/aromatic N) is 9. The first-order chi connectivity index (χ1) is 31.7. The molecule has 4 aromatic heterocycles. The van der Waals surface area contributed by atoms with Crippen molar-refractivity contribution in [1.29, 1.82) is 0 Å². The summed E-state index contributed by atoms with van der Waals surface area (Å²) in [5.74, 6) is -0.457. The van der Waals surface area contributed by atoms with E-state index in [9.17, 15) is 45.6 Å². The van der Waals surface area contributed by atoms with Gasteiger partial charge in [-0.1, -0.05) is 11.6 Å². The normalized spacial score (nSPS) is 11.0. The van der Waals surface area contributed by atoms with E-state index < -0.39 is 62.2 Å². The Hall–Kier alpha value is -7.13. The lowest BCUT2D eigenvalue weighted by atomic mass is 10.2. The van der Waals surface area contributed by atoms with Gasteiger partial charge in [0, 0.05) is 46.0 Å². The first-order valence-corrected chi connectivity index (χ1v) is 21.8. The lowest BCUT2D eigenvalue weighted by Crippen LogP contribution is -2.40. The van der Waals surface area contributed by atoms with Gasteiger partial charge in [0.05, 0.1) is 48.2 Å². The summed E-state index contributed by atoms with van der Waals surface area (Å²) in [6.45, 7) is 9.96. The summed E-state index contributed by atoms with van der Waals surface area (Å²) >= 11 is 11.7. The minimum absolute atomic E-state index is 0.0104. The molecule has 0 aliphatic carbocycles. The molecule has 4 heterocycles. The van der Waals surface area contributed by atoms with Gasteiger partial charge in [-0.2, -0.15) is 46.5 Å². The van der Waals surface area contributed by atoms with Crippen LogP contribution in [0.2, 0.25) is 10.3 Å². The maximum Gasteiger partial charge on any atom is 0.431 e. The van der Waals surface area contributed by atoms with Crippen LogP contribution in [0.1, 0.15) is 61.0 Å². The fraction of sp³-hybridized carbons (Fsp3) is 0.359. The minimum atomic E-state index is -4.86. The maximum absolute atomic E-state index is 12.9. The number of hydrogen-bond donors (Lipinski definition) is 4. The molecule has 0 saturated heterocycles. The Morgan fingerprint density at radius 2 is 1.49 bits per heavy atom. The van der Waals surface area contributed by atoms with Crippen molar-refractivity contribution < 1.29 is 50.2 Å². The van der Waals surface area contributed by atoms with Gasteiger partial charge < -0.3 is 29.7 Å². The second kappa shape index (κ2) is 24.1. The molecule has 29 heteroatoms. The smallest absolute Gasteiger partial charge is 0.431 e. The van der Waals surface area contributed by atoms with Gasteiger partial charge >= 0.3 is 23.9 Å². The van der Waals surface area contributed by atoms with Crippen LogP contribution >= 0.6 is 23.2 Å². The third-order valence-electron chi connectivity index (χ3n) is 7.95. The molecule has 23 nitrogen and oxygen atoms in total. The van der Waals surface area contributed by atoms with Gasteiger partial charge in [0.2, 0.25) is 34.9 Å². The van der Waals surface area contributed by atoms with E-state index in [0.29, 0.717) is 27.1 Å². The fourth-order valence-corrected chi connectivity index (χ4v) is 6.50. The molecule has 1 aromatic carbocycles. The molecule has 4 N–H and O–H groups in total. The van der Waals surface area contributed by atoms with Crippen molar-refractivity contribution in [3.63, 3.8) is 0 Å². The molecule has 0 atom stereocenters. The van der Waals surface area contributed by atoms with Crippen LogP contribution in [0.3, 0.4) is 0 Å². The first-order valence-electron chi connectivity index (χ1n) is 19.5. The van der Waals surface area contributed by atoms with E-state index in [1.807, 2.05) is 20.8 Å². The molecule has 0 spiro atoms. The average molecular weight is 1020 g/mol. The Balaban J connectivity index is 0.000000285. The average Bonchev–Trinajstić information content (AvgIpc) is 3.24. The number of urea groups is 1. The quantitative estimate of drug-likeness (QED) is 0.117. The zero-order valence-electron chi connectivity index (χ0n) is 37.9. The van der Waals surface area contributed by atoms with Gasteiger partial charge in [-0.05, 0) is 76.6 Å². The Labute approximate surface area is 396 Å². The number of carbonyl (C=O) groups is 3. The van der Waals surface area contributed by atoms with Crippen molar-refractivity contribution in [2.24, 2.45) is 7.05 Å². The highest BCUT2D eigenvalue weighted by Gasteiger charge is 2.35. The van der Waals surface area contributed by atoms with E-state index in [1.165, 1.54) is 69.7 Å². The molecule has 368 valence electrons. The largest absolute Gasteiger partial charge is 0.481 e. The van der Waals surface area contributed by atoms with Crippen molar-refractivity contribution in [1.82, 2.24) is 48.7 Å². The highest BCUT2D eigenvalue weighted by atomic mass is 35.5. The van der Waals surface area contributed by atoms with Crippen LogP contribution in [0.15, 0.2) is 63.3 Å². The molecule has 5 rings (SSSR count). The number of alkyl halides is 3. The van der Waals surface area contributed by atoms with E-state index in [2.05, 4.69) is 45.9 Å². The van der Waals surface area contributed by atoms with E-state index in [1.54, 1.807) is 18.6 Å². The molecule has 0 bridgehead atoms. The highest BCUT2D eigenvalue weighted by molar-refractivity contribution is 7.90. The predicted octanol–water partition coefficient (Wildman–Crippen LogP) is 4.65. The Kier molecular flexibility index (Phi) is 19.5. The second-order valence-electron chi connectivity index (χ2n) is 14.1. The van der Waals surface area contributed by atoms with Crippen LogP contribution in [0.25, 0.3) is 5.69 Å². The van der Waals surface area contributed by atoms with Crippen molar-refractivity contribution in [3.05, 3.63) is 96.6 Å². The Bertz CT molecular complexity index is 2830. The molecule has 0 radical (unpaired) electrons. The van der Waals surface area contributed by atoms with Gasteiger partial charge in [-0.3, -0.25) is 19.5 Å². The van der Waals surface area contributed by atoms with Crippen molar-refractivity contribution in [3.8, 4) is 17.4 Å². The molecule has 0 saturated carbocycles. The van der Waals surface area contributed by atoms with Crippen molar-refractivity contribution in [2.75, 3.05) is 50.8 Å². The molecule has 0 unspecified atom stereocenters. The zero-order valence-corrected chi connectivity index (χ0v) is 40.2. The van der Waals surface area contributed by atoms with Gasteiger partial charge in [0.25, 0.3) is 21.5 Å². The minimum Gasteiger partial charge on any atom is -0.481 e. The third-order valence-corrected chi connectivity index (χ3v) is 9.74. The second-order valence-corrected chi connectivity index (χ2v) is 16.5. The van der Waals surface area contributed by atoms with Gasteiger partial charge in [0.15, 0.2) is 5.03 Å². The number of aromatic nitrogens is 8. The SMILES string of the molecule is CC(C)OC(=O)c1cc(-n2c(=O)cc(C(F)(F)F)n(C)c2=O)ccc1Cl.CCNc1nc(Cl)nc(NC(C)C)n1.COc1cc(OC)nc(NC(=O)NS(=O)(=O)c2ncccc2C(=O)N(C)C)n1.